The van der Waals surface area contributed by atoms with Crippen LogP contribution < -0.4 is 16.6 Å². The van der Waals surface area contributed by atoms with Gasteiger partial charge in [-0.3, -0.25) is 16.1 Å². The number of carboxylic acid groups (broad SMARTS) is 1. The van der Waals surface area contributed by atoms with Gasteiger partial charge in [-0.05, 0) is 47.9 Å². The second-order valence-corrected chi connectivity index (χ2v) is 9.03. The van der Waals surface area contributed by atoms with Crippen molar-refractivity contribution in [1.29, 1.82) is 0 Å². The van der Waals surface area contributed by atoms with Crippen LogP contribution in [-0.4, -0.2) is 17.0 Å². The lowest BCUT2D eigenvalue weighted by Crippen LogP contribution is -2.24. The lowest BCUT2D eigenvalue weighted by atomic mass is 9.76. The van der Waals surface area contributed by atoms with E-state index in [9.17, 15) is 14.7 Å². The third-order valence-electron chi connectivity index (χ3n) is 4.82. The highest BCUT2D eigenvalue weighted by molar-refractivity contribution is 7.17. The van der Waals surface area contributed by atoms with Crippen LogP contribution in [0.25, 0.3) is 0 Å². The molecule has 1 aromatic heterocycles. The average Bonchev–Trinajstić information content (AvgIpc) is 2.92. The Balaban J connectivity index is 1.97. The van der Waals surface area contributed by atoms with Gasteiger partial charge in [0.05, 0.1) is 5.56 Å². The van der Waals surface area contributed by atoms with Gasteiger partial charge in [0.1, 0.15) is 5.00 Å². The molecule has 1 aliphatic carbocycles. The number of hydrogen-bond acceptors (Lipinski definition) is 5. The van der Waals surface area contributed by atoms with E-state index in [1.807, 2.05) is 0 Å². The van der Waals surface area contributed by atoms with E-state index in [-0.39, 0.29) is 11.0 Å². The summed E-state index contributed by atoms with van der Waals surface area (Å²) >= 11 is 7.39. The number of hydrogen-bond donors (Lipinski definition) is 4. The number of benzene rings is 1. The molecule has 0 spiro atoms. The van der Waals surface area contributed by atoms with E-state index in [2.05, 4.69) is 24.6 Å². The number of halogens is 1. The summed E-state index contributed by atoms with van der Waals surface area (Å²) in [5.74, 6) is 3.97. The van der Waals surface area contributed by atoms with E-state index >= 15 is 0 Å². The molecular formula is C19H22ClN3O3S. The van der Waals surface area contributed by atoms with Crippen molar-refractivity contribution in [2.75, 3.05) is 5.32 Å². The van der Waals surface area contributed by atoms with Crippen molar-refractivity contribution in [1.82, 2.24) is 5.43 Å². The Hall–Kier alpha value is -1.93. The number of nitrogens with two attached hydrogens (primary N) is 1. The van der Waals surface area contributed by atoms with Gasteiger partial charge in [-0.1, -0.05) is 31.5 Å². The predicted molar refractivity (Wildman–Crippen MR) is 108 cm³/mol. The van der Waals surface area contributed by atoms with E-state index in [4.69, 9.17) is 17.4 Å². The fourth-order valence-electron chi connectivity index (χ4n) is 3.43. The second-order valence-electron chi connectivity index (χ2n) is 7.49. The molecular weight excluding hydrogens is 386 g/mol. The highest BCUT2D eigenvalue weighted by Gasteiger charge is 2.33. The minimum absolute atomic E-state index is 0.0481. The Kier molecular flexibility index (Phi) is 5.58. The molecule has 8 heteroatoms. The Bertz CT molecular complexity index is 908. The van der Waals surface area contributed by atoms with Crippen LogP contribution in [-0.2, 0) is 19.4 Å². The first-order chi connectivity index (χ1) is 12.7. The molecule has 5 N–H and O–H groups in total. The molecule has 0 unspecified atom stereocenters. The third kappa shape index (κ3) is 4.16. The molecule has 1 aliphatic rings. The van der Waals surface area contributed by atoms with Crippen molar-refractivity contribution >= 4 is 39.8 Å². The Labute approximate surface area is 166 Å². The van der Waals surface area contributed by atoms with Crippen molar-refractivity contribution in [3.8, 4) is 0 Å². The van der Waals surface area contributed by atoms with Gasteiger partial charge in [0.2, 0.25) is 0 Å². The van der Waals surface area contributed by atoms with Crippen LogP contribution in [0.3, 0.4) is 0 Å². The van der Waals surface area contributed by atoms with Crippen molar-refractivity contribution in [2.45, 2.75) is 39.7 Å². The second kappa shape index (κ2) is 7.59. The topological polar surface area (TPSA) is 104 Å². The molecule has 1 heterocycles. The lowest BCUT2D eigenvalue weighted by Gasteiger charge is -2.29. The number of amides is 1. The van der Waals surface area contributed by atoms with Gasteiger partial charge >= 0.3 is 5.97 Å². The third-order valence-corrected chi connectivity index (χ3v) is 6.27. The summed E-state index contributed by atoms with van der Waals surface area (Å²) in [5.41, 5.74) is 4.67. The van der Waals surface area contributed by atoms with E-state index in [1.54, 1.807) is 18.2 Å². The Morgan fingerprint density at radius 2 is 2.11 bits per heavy atom. The minimum Gasteiger partial charge on any atom is -0.478 e. The summed E-state index contributed by atoms with van der Waals surface area (Å²) < 4.78 is 0. The number of carbonyl (C=O) groups excluding carboxylic acids is 1. The first kappa shape index (κ1) is 19.8. The fraction of sp³-hybridized carbons (Fsp3) is 0.368. The zero-order valence-corrected chi connectivity index (χ0v) is 16.8. The van der Waals surface area contributed by atoms with Gasteiger partial charge in [-0.25, -0.2) is 4.79 Å². The van der Waals surface area contributed by atoms with Gasteiger partial charge in [-0.2, -0.15) is 0 Å². The first-order valence-corrected chi connectivity index (χ1v) is 9.82. The molecule has 0 saturated carbocycles. The maximum atomic E-state index is 12.9. The van der Waals surface area contributed by atoms with Crippen LogP contribution in [0.1, 0.15) is 57.0 Å². The zero-order valence-electron chi connectivity index (χ0n) is 15.2. The quantitative estimate of drug-likeness (QED) is 0.445. The van der Waals surface area contributed by atoms with Gasteiger partial charge in [-0.15, -0.1) is 11.3 Å². The Morgan fingerprint density at radius 1 is 1.37 bits per heavy atom. The molecule has 0 radical (unpaired) electrons. The number of carboxylic acids is 1. The van der Waals surface area contributed by atoms with Crippen LogP contribution in [0, 0.1) is 5.41 Å². The first-order valence-electron chi connectivity index (χ1n) is 8.63. The summed E-state index contributed by atoms with van der Waals surface area (Å²) in [5, 5.41) is 13.3. The number of rotatable bonds is 5. The molecule has 3 rings (SSSR count). The van der Waals surface area contributed by atoms with E-state index in [0.717, 1.165) is 23.3 Å². The van der Waals surface area contributed by atoms with Crippen LogP contribution in [0.15, 0.2) is 18.2 Å². The number of thiophene rings is 1. The largest absolute Gasteiger partial charge is 0.478 e. The summed E-state index contributed by atoms with van der Waals surface area (Å²) in [6.07, 6.45) is 2.51. The molecule has 0 saturated heterocycles. The summed E-state index contributed by atoms with van der Waals surface area (Å²) in [6.45, 7) is 4.56. The molecule has 1 amide bonds. The normalized spacial score (nSPS) is 15.3. The fourth-order valence-corrected chi connectivity index (χ4v) is 4.81. The van der Waals surface area contributed by atoms with Crippen LogP contribution in [0.2, 0.25) is 5.02 Å². The standard InChI is InChI=1S/C19H22ClN3O3S/c1-19(2)6-5-14-13(8-19)15(18(25)26)17(27-14)23-16(24)12-7-11(20)4-3-10(12)9-22-21/h3-4,7,22H,5-6,8-9,21H2,1-2H3,(H,23,24)(H,25,26). The molecule has 27 heavy (non-hydrogen) atoms. The molecule has 0 fully saturated rings. The average molecular weight is 408 g/mol. The lowest BCUT2D eigenvalue weighted by molar-refractivity contribution is 0.0696. The number of hydrazine groups is 1. The van der Waals surface area contributed by atoms with Gasteiger partial charge in [0.25, 0.3) is 5.91 Å². The number of carbonyl (C=O) groups is 2. The van der Waals surface area contributed by atoms with Crippen LogP contribution in [0.4, 0.5) is 5.00 Å². The summed E-state index contributed by atoms with van der Waals surface area (Å²) in [7, 11) is 0. The van der Waals surface area contributed by atoms with Crippen LogP contribution in [0.5, 0.6) is 0 Å². The molecule has 2 aromatic rings. The number of aryl methyl sites for hydroxylation is 1. The predicted octanol–water partition coefficient (Wildman–Crippen LogP) is 3.83. The van der Waals surface area contributed by atoms with Crippen molar-refractivity contribution in [3.63, 3.8) is 0 Å². The minimum atomic E-state index is -1.02. The molecule has 0 bridgehead atoms. The maximum Gasteiger partial charge on any atom is 0.339 e. The van der Waals surface area contributed by atoms with E-state index < -0.39 is 11.9 Å². The highest BCUT2D eigenvalue weighted by Crippen LogP contribution is 2.44. The molecule has 1 aromatic carbocycles. The maximum absolute atomic E-state index is 12.9. The van der Waals surface area contributed by atoms with Gasteiger partial charge in [0.15, 0.2) is 0 Å². The monoisotopic (exact) mass is 407 g/mol. The van der Waals surface area contributed by atoms with Crippen molar-refractivity contribution < 1.29 is 14.7 Å². The van der Waals surface area contributed by atoms with Crippen molar-refractivity contribution in [2.24, 2.45) is 11.3 Å². The van der Waals surface area contributed by atoms with Gasteiger partial charge in [0, 0.05) is 22.0 Å². The Morgan fingerprint density at radius 3 is 2.78 bits per heavy atom. The van der Waals surface area contributed by atoms with Crippen molar-refractivity contribution in [3.05, 3.63) is 50.4 Å². The van der Waals surface area contributed by atoms with Gasteiger partial charge < -0.3 is 10.4 Å². The van der Waals surface area contributed by atoms with E-state index in [0.29, 0.717) is 34.1 Å². The smallest absolute Gasteiger partial charge is 0.339 e. The zero-order chi connectivity index (χ0) is 19.8. The molecule has 144 valence electrons. The number of anilines is 1. The van der Waals surface area contributed by atoms with E-state index in [1.165, 1.54) is 11.3 Å². The molecule has 0 atom stereocenters. The summed E-state index contributed by atoms with van der Waals surface area (Å²) in [6, 6.07) is 4.96. The molecule has 6 nitrogen and oxygen atoms in total. The number of aromatic carboxylic acids is 1. The van der Waals surface area contributed by atoms with Crippen LogP contribution >= 0.6 is 22.9 Å². The highest BCUT2D eigenvalue weighted by atomic mass is 35.5. The number of fused-ring (bicyclic) bond motifs is 1. The summed E-state index contributed by atoms with van der Waals surface area (Å²) in [4.78, 5) is 25.8. The molecule has 0 aliphatic heterocycles. The SMILES string of the molecule is CC1(C)CCc2sc(NC(=O)c3cc(Cl)ccc3CNN)c(C(=O)O)c2C1. The number of nitrogens with one attached hydrogen (secondary N) is 2.